The van der Waals surface area contributed by atoms with Crippen LogP contribution in [0.5, 0.6) is 17.2 Å². The number of carbonyl (C=O) groups is 2. The van der Waals surface area contributed by atoms with Crippen molar-refractivity contribution in [2.75, 3.05) is 28.4 Å². The van der Waals surface area contributed by atoms with Crippen molar-refractivity contribution in [3.8, 4) is 17.2 Å². The van der Waals surface area contributed by atoms with Gasteiger partial charge in [0.1, 0.15) is 11.3 Å². The molecule has 3 aromatic rings. The SMILES string of the molecule is COC(=O)[C@H](CC(=O)c1ccc(OC)c(OC)c1)c1cc(=O)oc2cc(OC)c(Cl)cc12. The number of fused-ring (bicyclic) bond motifs is 1. The van der Waals surface area contributed by atoms with Crippen molar-refractivity contribution in [1.82, 2.24) is 0 Å². The zero-order valence-corrected chi connectivity index (χ0v) is 18.6. The predicted octanol–water partition coefficient (Wildman–Crippen LogP) is 4.00. The molecule has 0 aliphatic heterocycles. The summed E-state index contributed by atoms with van der Waals surface area (Å²) in [6.07, 6.45) is -0.260. The van der Waals surface area contributed by atoms with Crippen molar-refractivity contribution < 1.29 is 33.0 Å². The van der Waals surface area contributed by atoms with Gasteiger partial charge in [0.05, 0.1) is 39.4 Å². The van der Waals surface area contributed by atoms with Gasteiger partial charge in [0.2, 0.25) is 0 Å². The van der Waals surface area contributed by atoms with Crippen LogP contribution in [0, 0.1) is 0 Å². The molecule has 0 bridgehead atoms. The number of Topliss-reactive ketones (excluding diaryl/α,β-unsaturated/α-hetero) is 1. The van der Waals surface area contributed by atoms with Crippen LogP contribution in [0.3, 0.4) is 0 Å². The number of rotatable bonds is 8. The van der Waals surface area contributed by atoms with Gasteiger partial charge in [-0.1, -0.05) is 11.6 Å². The van der Waals surface area contributed by atoms with E-state index in [2.05, 4.69) is 0 Å². The monoisotopic (exact) mass is 460 g/mol. The molecule has 0 saturated carbocycles. The van der Waals surface area contributed by atoms with Gasteiger partial charge in [-0.15, -0.1) is 0 Å². The number of carbonyl (C=O) groups excluding carboxylic acids is 2. The summed E-state index contributed by atoms with van der Waals surface area (Å²) >= 11 is 6.24. The lowest BCUT2D eigenvalue weighted by Crippen LogP contribution is -2.20. The highest BCUT2D eigenvalue weighted by atomic mass is 35.5. The molecular formula is C23H21ClO8. The lowest BCUT2D eigenvalue weighted by atomic mass is 9.89. The molecule has 2 aromatic carbocycles. The van der Waals surface area contributed by atoms with Crippen LogP contribution in [-0.4, -0.2) is 40.2 Å². The summed E-state index contributed by atoms with van der Waals surface area (Å²) in [6.45, 7) is 0. The minimum absolute atomic E-state index is 0.168. The number of benzene rings is 2. The second kappa shape index (κ2) is 9.74. The van der Waals surface area contributed by atoms with E-state index < -0.39 is 17.5 Å². The Morgan fingerprint density at radius 2 is 1.62 bits per heavy atom. The Morgan fingerprint density at radius 3 is 2.25 bits per heavy atom. The van der Waals surface area contributed by atoms with Crippen LogP contribution in [0.4, 0.5) is 0 Å². The van der Waals surface area contributed by atoms with Crippen molar-refractivity contribution in [2.45, 2.75) is 12.3 Å². The Morgan fingerprint density at radius 1 is 0.938 bits per heavy atom. The zero-order chi connectivity index (χ0) is 23.4. The van der Waals surface area contributed by atoms with Crippen molar-refractivity contribution in [3.05, 3.63) is 63.0 Å². The van der Waals surface area contributed by atoms with Crippen LogP contribution in [-0.2, 0) is 9.53 Å². The van der Waals surface area contributed by atoms with E-state index in [1.807, 2.05) is 0 Å². The van der Waals surface area contributed by atoms with Gasteiger partial charge < -0.3 is 23.4 Å². The topological polar surface area (TPSA) is 101 Å². The molecule has 0 amide bonds. The van der Waals surface area contributed by atoms with E-state index in [9.17, 15) is 14.4 Å². The van der Waals surface area contributed by atoms with Gasteiger partial charge in [0.25, 0.3) is 0 Å². The average molecular weight is 461 g/mol. The highest BCUT2D eigenvalue weighted by Crippen LogP contribution is 2.35. The quantitative estimate of drug-likeness (QED) is 0.282. The molecule has 168 valence electrons. The van der Waals surface area contributed by atoms with E-state index in [0.29, 0.717) is 28.2 Å². The van der Waals surface area contributed by atoms with Gasteiger partial charge in [0.15, 0.2) is 17.3 Å². The molecular weight excluding hydrogens is 440 g/mol. The highest BCUT2D eigenvalue weighted by Gasteiger charge is 2.29. The molecule has 1 atom stereocenters. The number of ether oxygens (including phenoxy) is 4. The molecule has 8 nitrogen and oxygen atoms in total. The summed E-state index contributed by atoms with van der Waals surface area (Å²) in [5, 5.41) is 0.649. The van der Waals surface area contributed by atoms with Gasteiger partial charge in [-0.25, -0.2) is 4.79 Å². The second-order valence-electron chi connectivity index (χ2n) is 6.78. The average Bonchev–Trinajstić information content (AvgIpc) is 2.80. The molecule has 0 aliphatic rings. The Hall–Kier alpha value is -3.52. The van der Waals surface area contributed by atoms with E-state index in [0.717, 1.165) is 6.07 Å². The highest BCUT2D eigenvalue weighted by molar-refractivity contribution is 6.32. The summed E-state index contributed by atoms with van der Waals surface area (Å²) in [5.41, 5.74) is 0.0515. The van der Waals surface area contributed by atoms with Gasteiger partial charge >= 0.3 is 11.6 Å². The lowest BCUT2D eigenvalue weighted by Gasteiger charge is -2.17. The maximum atomic E-state index is 13.1. The fourth-order valence-corrected chi connectivity index (χ4v) is 3.65. The molecule has 1 heterocycles. The summed E-state index contributed by atoms with van der Waals surface area (Å²) in [5.74, 6) is -0.978. The van der Waals surface area contributed by atoms with Crippen molar-refractivity contribution in [1.29, 1.82) is 0 Å². The van der Waals surface area contributed by atoms with Crippen molar-refractivity contribution in [3.63, 3.8) is 0 Å². The molecule has 0 fully saturated rings. The van der Waals surface area contributed by atoms with Crippen LogP contribution < -0.4 is 19.8 Å². The van der Waals surface area contributed by atoms with Gasteiger partial charge in [-0.2, -0.15) is 0 Å². The maximum Gasteiger partial charge on any atom is 0.336 e. The molecule has 0 N–H and O–H groups in total. The Labute approximate surface area is 188 Å². The molecule has 32 heavy (non-hydrogen) atoms. The molecule has 3 rings (SSSR count). The molecule has 9 heteroatoms. The third-order valence-corrected chi connectivity index (χ3v) is 5.30. The number of hydrogen-bond acceptors (Lipinski definition) is 8. The smallest absolute Gasteiger partial charge is 0.336 e. The minimum Gasteiger partial charge on any atom is -0.495 e. The van der Waals surface area contributed by atoms with E-state index in [-0.39, 0.29) is 28.4 Å². The number of esters is 1. The maximum absolute atomic E-state index is 13.1. The van der Waals surface area contributed by atoms with E-state index in [1.54, 1.807) is 12.1 Å². The third-order valence-electron chi connectivity index (χ3n) is 5.01. The first-order valence-corrected chi connectivity index (χ1v) is 9.85. The lowest BCUT2D eigenvalue weighted by molar-refractivity contribution is -0.142. The van der Waals surface area contributed by atoms with Gasteiger partial charge in [-0.05, 0) is 29.8 Å². The summed E-state index contributed by atoms with van der Waals surface area (Å²) in [4.78, 5) is 37.9. The largest absolute Gasteiger partial charge is 0.495 e. The molecule has 0 spiro atoms. The van der Waals surface area contributed by atoms with Crippen LogP contribution >= 0.6 is 11.6 Å². The van der Waals surface area contributed by atoms with Crippen LogP contribution in [0.15, 0.2) is 45.6 Å². The molecule has 1 aromatic heterocycles. The molecule has 0 radical (unpaired) electrons. The molecule has 0 aliphatic carbocycles. The third kappa shape index (κ3) is 4.55. The first kappa shape index (κ1) is 23.1. The molecule has 0 unspecified atom stereocenters. The first-order chi connectivity index (χ1) is 15.3. The van der Waals surface area contributed by atoms with Crippen LogP contribution in [0.25, 0.3) is 11.0 Å². The fraction of sp³-hybridized carbons (Fsp3) is 0.261. The Balaban J connectivity index is 2.09. The molecule has 0 saturated heterocycles. The number of halogens is 1. The Kier molecular flexibility index (Phi) is 7.05. The Bertz CT molecular complexity index is 1230. The standard InChI is InChI=1S/C23H21ClO8/c1-28-18-6-5-12(7-21(18)30-3)17(25)9-15(23(27)31-4)13-10-22(26)32-19-11-20(29-2)16(24)8-14(13)19/h5-8,10-11,15H,9H2,1-4H3/t15-/m1/s1. The zero-order valence-electron chi connectivity index (χ0n) is 17.9. The van der Waals surface area contributed by atoms with Crippen LogP contribution in [0.2, 0.25) is 5.02 Å². The number of hydrogen-bond donors (Lipinski definition) is 0. The summed E-state index contributed by atoms with van der Waals surface area (Å²) < 4.78 is 25.8. The van der Waals surface area contributed by atoms with Gasteiger partial charge in [0, 0.05) is 29.5 Å². The van der Waals surface area contributed by atoms with Crippen molar-refractivity contribution in [2.24, 2.45) is 0 Å². The number of ketones is 1. The van der Waals surface area contributed by atoms with Gasteiger partial charge in [-0.3, -0.25) is 9.59 Å². The number of methoxy groups -OCH3 is 4. The summed E-state index contributed by atoms with van der Waals surface area (Å²) in [7, 11) is 5.57. The van der Waals surface area contributed by atoms with E-state index >= 15 is 0 Å². The normalized spacial score (nSPS) is 11.7. The summed E-state index contributed by atoms with van der Waals surface area (Å²) in [6, 6.07) is 8.82. The first-order valence-electron chi connectivity index (χ1n) is 9.47. The van der Waals surface area contributed by atoms with E-state index in [1.165, 1.54) is 46.6 Å². The van der Waals surface area contributed by atoms with Crippen LogP contribution in [0.1, 0.15) is 28.3 Å². The fourth-order valence-electron chi connectivity index (χ4n) is 3.41. The second-order valence-corrected chi connectivity index (χ2v) is 7.18. The van der Waals surface area contributed by atoms with Crippen molar-refractivity contribution >= 4 is 34.3 Å². The van der Waals surface area contributed by atoms with E-state index in [4.69, 9.17) is 35.0 Å². The minimum atomic E-state index is -1.07. The predicted molar refractivity (Wildman–Crippen MR) is 117 cm³/mol.